The second kappa shape index (κ2) is 4.96. The molecule has 96 valence electrons. The molecule has 0 bridgehead atoms. The van der Waals surface area contributed by atoms with Crippen molar-refractivity contribution in [3.63, 3.8) is 0 Å². The number of nitrogens with one attached hydrogen (secondary N) is 1. The first-order valence-electron chi connectivity index (χ1n) is 5.21. The van der Waals surface area contributed by atoms with E-state index < -0.39 is 0 Å². The Morgan fingerprint density at radius 2 is 1.83 bits per heavy atom. The van der Waals surface area contributed by atoms with Gasteiger partial charge in [0.2, 0.25) is 0 Å². The van der Waals surface area contributed by atoms with Crippen LogP contribution < -0.4 is 5.32 Å². The second-order valence-electron chi connectivity index (χ2n) is 3.77. The normalized spacial score (nSPS) is 10.8. The van der Waals surface area contributed by atoms with Crippen LogP contribution in [0.2, 0.25) is 15.1 Å². The van der Waals surface area contributed by atoms with Gasteiger partial charge in [-0.3, -0.25) is 0 Å². The van der Waals surface area contributed by atoms with Crippen LogP contribution in [0, 0.1) is 13.8 Å². The average molecular weight is 306 g/mol. The molecule has 1 N–H and O–H groups in total. The van der Waals surface area contributed by atoms with E-state index in [4.69, 9.17) is 34.8 Å². The Hall–Kier alpha value is -0.970. The molecular formula is C11H11Cl3N4. The van der Waals surface area contributed by atoms with Crippen molar-refractivity contribution in [3.05, 3.63) is 32.5 Å². The van der Waals surface area contributed by atoms with Gasteiger partial charge in [0.1, 0.15) is 5.82 Å². The van der Waals surface area contributed by atoms with Crippen LogP contribution in [-0.2, 0) is 0 Å². The number of rotatable bonds is 2. The van der Waals surface area contributed by atoms with Gasteiger partial charge >= 0.3 is 0 Å². The van der Waals surface area contributed by atoms with Crippen LogP contribution in [0.5, 0.6) is 0 Å². The Labute approximate surface area is 120 Å². The number of aryl methyl sites for hydroxylation is 1. The van der Waals surface area contributed by atoms with Gasteiger partial charge in [0, 0.05) is 7.05 Å². The molecule has 0 saturated carbocycles. The van der Waals surface area contributed by atoms with Gasteiger partial charge in [-0.1, -0.05) is 34.8 Å². The van der Waals surface area contributed by atoms with Crippen LogP contribution in [0.15, 0.2) is 6.07 Å². The van der Waals surface area contributed by atoms with Gasteiger partial charge in [0.05, 0.1) is 26.5 Å². The standard InChI is InChI=1S/C11H11Cl3N4/c1-5-9(14)6(2)18(17-5)11-8(13)4-7(12)10(15-3)16-11/h4H,1-3H3,(H,15,16). The summed E-state index contributed by atoms with van der Waals surface area (Å²) < 4.78 is 1.61. The first-order valence-corrected chi connectivity index (χ1v) is 6.35. The van der Waals surface area contributed by atoms with E-state index in [2.05, 4.69) is 15.4 Å². The van der Waals surface area contributed by atoms with E-state index in [1.54, 1.807) is 17.8 Å². The van der Waals surface area contributed by atoms with E-state index in [9.17, 15) is 0 Å². The van der Waals surface area contributed by atoms with Crippen LogP contribution in [0.1, 0.15) is 11.4 Å². The van der Waals surface area contributed by atoms with Gasteiger partial charge in [0.15, 0.2) is 5.82 Å². The van der Waals surface area contributed by atoms with E-state index in [1.807, 2.05) is 13.8 Å². The molecule has 0 fully saturated rings. The molecule has 0 saturated heterocycles. The Bertz CT molecular complexity index is 607. The molecule has 2 rings (SSSR count). The lowest BCUT2D eigenvalue weighted by Gasteiger charge is -2.09. The number of halogens is 3. The first-order chi connectivity index (χ1) is 8.45. The Kier molecular flexibility index (Phi) is 3.71. The minimum atomic E-state index is 0.418. The van der Waals surface area contributed by atoms with E-state index in [0.29, 0.717) is 26.7 Å². The number of hydrogen-bond acceptors (Lipinski definition) is 3. The quantitative estimate of drug-likeness (QED) is 0.915. The lowest BCUT2D eigenvalue weighted by atomic mass is 10.4. The molecule has 0 aliphatic rings. The first kappa shape index (κ1) is 13.5. The van der Waals surface area contributed by atoms with Gasteiger partial charge in [-0.05, 0) is 19.9 Å². The summed E-state index contributed by atoms with van der Waals surface area (Å²) in [5, 5.41) is 8.69. The van der Waals surface area contributed by atoms with Gasteiger partial charge in [-0.25, -0.2) is 9.67 Å². The zero-order chi connectivity index (χ0) is 13.4. The summed E-state index contributed by atoms with van der Waals surface area (Å²) in [6, 6.07) is 1.63. The summed E-state index contributed by atoms with van der Waals surface area (Å²) in [4.78, 5) is 4.34. The number of pyridine rings is 1. The maximum atomic E-state index is 6.15. The maximum Gasteiger partial charge on any atom is 0.174 e. The summed E-state index contributed by atoms with van der Waals surface area (Å²) in [7, 11) is 1.74. The SMILES string of the molecule is CNc1nc(-n2nc(C)c(Cl)c2C)c(Cl)cc1Cl. The minimum Gasteiger partial charge on any atom is -0.372 e. The largest absolute Gasteiger partial charge is 0.372 e. The third-order valence-electron chi connectivity index (χ3n) is 2.55. The summed E-state index contributed by atoms with van der Waals surface area (Å²) in [5.74, 6) is 1.04. The highest BCUT2D eigenvalue weighted by Gasteiger charge is 2.16. The molecule has 2 aromatic rings. The predicted molar refractivity (Wildman–Crippen MR) is 75.4 cm³/mol. The molecular weight excluding hydrogens is 295 g/mol. The van der Waals surface area contributed by atoms with Crippen molar-refractivity contribution in [2.45, 2.75) is 13.8 Å². The Balaban J connectivity index is 2.67. The van der Waals surface area contributed by atoms with Gasteiger partial charge in [-0.15, -0.1) is 0 Å². The second-order valence-corrected chi connectivity index (χ2v) is 4.96. The van der Waals surface area contributed by atoms with Crippen molar-refractivity contribution in [1.82, 2.24) is 14.8 Å². The topological polar surface area (TPSA) is 42.7 Å². The van der Waals surface area contributed by atoms with Gasteiger partial charge in [0.25, 0.3) is 0 Å². The summed E-state index contributed by atoms with van der Waals surface area (Å²) in [6.45, 7) is 3.68. The fourth-order valence-electron chi connectivity index (χ4n) is 1.61. The fraction of sp³-hybridized carbons (Fsp3) is 0.273. The highest BCUT2D eigenvalue weighted by molar-refractivity contribution is 6.37. The van der Waals surface area contributed by atoms with E-state index in [0.717, 1.165) is 11.4 Å². The number of aromatic nitrogens is 3. The van der Waals surface area contributed by atoms with E-state index >= 15 is 0 Å². The molecule has 4 nitrogen and oxygen atoms in total. The van der Waals surface area contributed by atoms with Crippen LogP contribution in [0.4, 0.5) is 5.82 Å². The average Bonchev–Trinajstić information content (AvgIpc) is 2.57. The van der Waals surface area contributed by atoms with Crippen LogP contribution in [-0.4, -0.2) is 21.8 Å². The fourth-order valence-corrected chi connectivity index (χ4v) is 2.26. The highest BCUT2D eigenvalue weighted by Crippen LogP contribution is 2.30. The summed E-state index contributed by atoms with van der Waals surface area (Å²) >= 11 is 18.3. The minimum absolute atomic E-state index is 0.418. The molecule has 0 atom stereocenters. The molecule has 0 unspecified atom stereocenters. The summed E-state index contributed by atoms with van der Waals surface area (Å²) in [6.07, 6.45) is 0. The zero-order valence-corrected chi connectivity index (χ0v) is 12.3. The molecule has 18 heavy (non-hydrogen) atoms. The Morgan fingerprint density at radius 3 is 2.33 bits per heavy atom. The van der Waals surface area contributed by atoms with Crippen LogP contribution in [0.3, 0.4) is 0 Å². The number of anilines is 1. The Morgan fingerprint density at radius 1 is 1.17 bits per heavy atom. The van der Waals surface area contributed by atoms with E-state index in [1.165, 1.54) is 0 Å². The van der Waals surface area contributed by atoms with Crippen molar-refractivity contribution in [2.24, 2.45) is 0 Å². The predicted octanol–water partition coefficient (Wildman–Crippen LogP) is 3.89. The number of hydrogen-bond donors (Lipinski definition) is 1. The molecule has 0 radical (unpaired) electrons. The van der Waals surface area contributed by atoms with E-state index in [-0.39, 0.29) is 0 Å². The third-order valence-corrected chi connectivity index (χ3v) is 3.66. The van der Waals surface area contributed by atoms with Crippen molar-refractivity contribution >= 4 is 40.6 Å². The molecule has 0 amide bonds. The molecule has 0 aliphatic carbocycles. The van der Waals surface area contributed by atoms with Crippen LogP contribution in [0.25, 0.3) is 5.82 Å². The molecule has 2 heterocycles. The molecule has 7 heteroatoms. The lowest BCUT2D eigenvalue weighted by Crippen LogP contribution is -2.05. The summed E-state index contributed by atoms with van der Waals surface area (Å²) in [5.41, 5.74) is 1.51. The number of nitrogens with zero attached hydrogens (tertiary/aromatic N) is 3. The lowest BCUT2D eigenvalue weighted by molar-refractivity contribution is 0.807. The third kappa shape index (κ3) is 2.16. The van der Waals surface area contributed by atoms with Crippen molar-refractivity contribution < 1.29 is 0 Å². The monoisotopic (exact) mass is 304 g/mol. The molecule has 0 aliphatic heterocycles. The van der Waals surface area contributed by atoms with Crippen molar-refractivity contribution in [3.8, 4) is 5.82 Å². The van der Waals surface area contributed by atoms with Crippen molar-refractivity contribution in [1.29, 1.82) is 0 Å². The van der Waals surface area contributed by atoms with Gasteiger partial charge < -0.3 is 5.32 Å². The molecule has 0 aromatic carbocycles. The van der Waals surface area contributed by atoms with Crippen molar-refractivity contribution in [2.75, 3.05) is 12.4 Å². The zero-order valence-electron chi connectivity index (χ0n) is 10.1. The molecule has 0 spiro atoms. The highest BCUT2D eigenvalue weighted by atomic mass is 35.5. The van der Waals surface area contributed by atoms with Gasteiger partial charge in [-0.2, -0.15) is 5.10 Å². The smallest absolute Gasteiger partial charge is 0.174 e. The molecule has 2 aromatic heterocycles. The van der Waals surface area contributed by atoms with Crippen LogP contribution >= 0.6 is 34.8 Å². The maximum absolute atomic E-state index is 6.15.